The van der Waals surface area contributed by atoms with Crippen LogP contribution in [0.2, 0.25) is 0 Å². The van der Waals surface area contributed by atoms with E-state index in [0.29, 0.717) is 24.3 Å². The zero-order valence-electron chi connectivity index (χ0n) is 9.97. The third-order valence-electron chi connectivity index (χ3n) is 2.93. The Hall–Kier alpha value is -1.38. The van der Waals surface area contributed by atoms with Crippen molar-refractivity contribution in [2.24, 2.45) is 5.84 Å². The lowest BCUT2D eigenvalue weighted by Gasteiger charge is -2.12. The highest BCUT2D eigenvalue weighted by Gasteiger charge is 2.29. The van der Waals surface area contributed by atoms with Crippen molar-refractivity contribution in [1.82, 2.24) is 9.73 Å². The third kappa shape index (κ3) is 2.40. The average molecular weight is 273 g/mol. The molecule has 1 saturated heterocycles. The molecule has 1 aliphatic rings. The Labute approximate surface area is 105 Å². The van der Waals surface area contributed by atoms with Gasteiger partial charge in [0.15, 0.2) is 5.76 Å². The van der Waals surface area contributed by atoms with Crippen molar-refractivity contribution in [3.63, 3.8) is 0 Å². The van der Waals surface area contributed by atoms with Crippen LogP contribution < -0.4 is 11.3 Å². The van der Waals surface area contributed by atoms with E-state index in [2.05, 4.69) is 0 Å². The van der Waals surface area contributed by atoms with Gasteiger partial charge in [0.2, 0.25) is 10.0 Å². The van der Waals surface area contributed by atoms with Crippen LogP contribution in [-0.4, -0.2) is 30.9 Å². The molecule has 18 heavy (non-hydrogen) atoms. The Morgan fingerprint density at radius 3 is 2.89 bits per heavy atom. The van der Waals surface area contributed by atoms with Crippen molar-refractivity contribution in [3.8, 4) is 0 Å². The normalized spacial score (nSPS) is 19.0. The second-order valence-electron chi connectivity index (χ2n) is 4.17. The first-order valence-electron chi connectivity index (χ1n) is 5.52. The van der Waals surface area contributed by atoms with Crippen LogP contribution in [0.15, 0.2) is 10.5 Å². The summed E-state index contributed by atoms with van der Waals surface area (Å²) >= 11 is 0. The molecule has 0 atom stereocenters. The number of carbonyl (C=O) groups is 1. The van der Waals surface area contributed by atoms with E-state index < -0.39 is 15.9 Å². The Morgan fingerprint density at radius 2 is 2.33 bits per heavy atom. The van der Waals surface area contributed by atoms with Gasteiger partial charge in [-0.2, -0.15) is 4.31 Å². The lowest BCUT2D eigenvalue weighted by Crippen LogP contribution is -2.29. The summed E-state index contributed by atoms with van der Waals surface area (Å²) < 4.78 is 30.0. The second-order valence-corrected chi connectivity index (χ2v) is 6.26. The maximum atomic E-state index is 11.7. The standard InChI is InChI=1S/C10H15N3O4S/c1-7-8(5-9(17-7)10(14)12-11)6-13-3-2-4-18(13,15)16/h5H,2-4,6,11H2,1H3,(H,12,14). The first kappa shape index (κ1) is 13.1. The summed E-state index contributed by atoms with van der Waals surface area (Å²) in [6.07, 6.45) is 0.634. The number of aryl methyl sites for hydroxylation is 1. The molecule has 1 amide bonds. The van der Waals surface area contributed by atoms with E-state index >= 15 is 0 Å². The molecule has 0 aromatic carbocycles. The fraction of sp³-hybridized carbons (Fsp3) is 0.500. The van der Waals surface area contributed by atoms with Gasteiger partial charge in [0.1, 0.15) is 5.76 Å². The van der Waals surface area contributed by atoms with Crippen LogP contribution in [0, 0.1) is 6.92 Å². The molecule has 7 nitrogen and oxygen atoms in total. The van der Waals surface area contributed by atoms with E-state index in [1.54, 1.807) is 6.92 Å². The lowest BCUT2D eigenvalue weighted by molar-refractivity contribution is 0.0924. The van der Waals surface area contributed by atoms with Gasteiger partial charge in [-0.25, -0.2) is 14.3 Å². The predicted molar refractivity (Wildman–Crippen MR) is 63.9 cm³/mol. The van der Waals surface area contributed by atoms with Gasteiger partial charge in [-0.1, -0.05) is 0 Å². The average Bonchev–Trinajstić information content (AvgIpc) is 2.83. The van der Waals surface area contributed by atoms with Crippen molar-refractivity contribution in [2.45, 2.75) is 19.9 Å². The van der Waals surface area contributed by atoms with E-state index in [9.17, 15) is 13.2 Å². The fourth-order valence-corrected chi connectivity index (χ4v) is 3.41. The van der Waals surface area contributed by atoms with Crippen molar-refractivity contribution in [3.05, 3.63) is 23.2 Å². The second kappa shape index (κ2) is 4.71. The van der Waals surface area contributed by atoms with E-state index in [0.717, 1.165) is 0 Å². The number of nitrogens with zero attached hydrogens (tertiary/aromatic N) is 1. The molecule has 100 valence electrons. The van der Waals surface area contributed by atoms with Gasteiger partial charge >= 0.3 is 5.91 Å². The largest absolute Gasteiger partial charge is 0.456 e. The van der Waals surface area contributed by atoms with Crippen molar-refractivity contribution in [2.75, 3.05) is 12.3 Å². The number of amides is 1. The molecule has 0 spiro atoms. The van der Waals surface area contributed by atoms with Crippen LogP contribution in [0.4, 0.5) is 0 Å². The van der Waals surface area contributed by atoms with Gasteiger partial charge in [0.25, 0.3) is 0 Å². The Morgan fingerprint density at radius 1 is 1.61 bits per heavy atom. The van der Waals surface area contributed by atoms with Crippen molar-refractivity contribution < 1.29 is 17.6 Å². The molecule has 1 aliphatic heterocycles. The molecule has 1 aromatic heterocycles. The number of nitrogens with two attached hydrogens (primary N) is 1. The molecule has 3 N–H and O–H groups in total. The molecular weight excluding hydrogens is 258 g/mol. The number of rotatable bonds is 3. The van der Waals surface area contributed by atoms with Crippen LogP contribution in [0.5, 0.6) is 0 Å². The van der Waals surface area contributed by atoms with E-state index in [1.807, 2.05) is 5.43 Å². The van der Waals surface area contributed by atoms with Gasteiger partial charge in [-0.15, -0.1) is 0 Å². The SMILES string of the molecule is Cc1oc(C(=O)NN)cc1CN1CCCS1(=O)=O. The van der Waals surface area contributed by atoms with Gasteiger partial charge < -0.3 is 4.42 Å². The first-order valence-corrected chi connectivity index (χ1v) is 7.13. The number of furan rings is 1. The number of hydrogen-bond donors (Lipinski definition) is 2. The van der Waals surface area contributed by atoms with Gasteiger partial charge in [-0.3, -0.25) is 10.2 Å². The predicted octanol–water partition coefficient (Wildman–Crippen LogP) is -0.273. The molecule has 2 heterocycles. The molecule has 1 fully saturated rings. The summed E-state index contributed by atoms with van der Waals surface area (Å²) in [6.45, 7) is 2.42. The van der Waals surface area contributed by atoms with E-state index in [1.165, 1.54) is 10.4 Å². The van der Waals surface area contributed by atoms with Crippen molar-refractivity contribution >= 4 is 15.9 Å². The number of nitrogen functional groups attached to an aromatic ring is 1. The minimum absolute atomic E-state index is 0.0848. The summed E-state index contributed by atoms with van der Waals surface area (Å²) in [5.41, 5.74) is 2.65. The zero-order valence-corrected chi connectivity index (χ0v) is 10.8. The molecular formula is C10H15N3O4S. The summed E-state index contributed by atoms with van der Waals surface area (Å²) in [7, 11) is -3.15. The number of sulfonamides is 1. The number of hydrazine groups is 1. The molecule has 0 saturated carbocycles. The van der Waals surface area contributed by atoms with Crippen molar-refractivity contribution in [1.29, 1.82) is 0 Å². The van der Waals surface area contributed by atoms with Gasteiger partial charge in [0.05, 0.1) is 5.75 Å². The number of hydrogen-bond acceptors (Lipinski definition) is 5. The van der Waals surface area contributed by atoms with Gasteiger partial charge in [0, 0.05) is 18.7 Å². The Kier molecular flexibility index (Phi) is 3.42. The van der Waals surface area contributed by atoms with Crippen LogP contribution in [0.25, 0.3) is 0 Å². The molecule has 0 aliphatic carbocycles. The van der Waals surface area contributed by atoms with Gasteiger partial charge in [-0.05, 0) is 19.4 Å². The lowest BCUT2D eigenvalue weighted by atomic mass is 10.2. The summed E-state index contributed by atoms with van der Waals surface area (Å²) in [5.74, 6) is 5.26. The Bertz CT molecular complexity index is 564. The molecule has 0 unspecified atom stereocenters. The molecule has 2 rings (SSSR count). The van der Waals surface area contributed by atoms with Crippen LogP contribution in [0.1, 0.15) is 28.3 Å². The zero-order chi connectivity index (χ0) is 13.3. The number of nitrogens with one attached hydrogen (secondary N) is 1. The minimum Gasteiger partial charge on any atom is -0.456 e. The quantitative estimate of drug-likeness (QED) is 0.448. The Balaban J connectivity index is 2.20. The maximum Gasteiger partial charge on any atom is 0.300 e. The smallest absolute Gasteiger partial charge is 0.300 e. The summed E-state index contributed by atoms with van der Waals surface area (Å²) in [5, 5.41) is 0. The third-order valence-corrected chi connectivity index (χ3v) is 4.83. The molecule has 0 radical (unpaired) electrons. The highest BCUT2D eigenvalue weighted by Crippen LogP contribution is 2.21. The van der Waals surface area contributed by atoms with Crippen LogP contribution >= 0.6 is 0 Å². The summed E-state index contributed by atoms with van der Waals surface area (Å²) in [6, 6.07) is 1.52. The highest BCUT2D eigenvalue weighted by molar-refractivity contribution is 7.89. The molecule has 0 bridgehead atoms. The van der Waals surface area contributed by atoms with E-state index in [-0.39, 0.29) is 18.1 Å². The highest BCUT2D eigenvalue weighted by atomic mass is 32.2. The summed E-state index contributed by atoms with van der Waals surface area (Å²) in [4.78, 5) is 11.3. The number of carbonyl (C=O) groups excluding carboxylic acids is 1. The minimum atomic E-state index is -3.15. The van der Waals surface area contributed by atoms with Crippen LogP contribution in [0.3, 0.4) is 0 Å². The first-order chi connectivity index (χ1) is 8.44. The topological polar surface area (TPSA) is 106 Å². The molecule has 1 aromatic rings. The molecule has 8 heteroatoms. The maximum absolute atomic E-state index is 11.7. The van der Waals surface area contributed by atoms with E-state index in [4.69, 9.17) is 10.3 Å². The fourth-order valence-electron chi connectivity index (χ4n) is 1.92. The monoisotopic (exact) mass is 273 g/mol. The van der Waals surface area contributed by atoms with Crippen LogP contribution in [-0.2, 0) is 16.6 Å².